The zero-order chi connectivity index (χ0) is 13.0. The van der Waals surface area contributed by atoms with Gasteiger partial charge in [-0.2, -0.15) is 0 Å². The van der Waals surface area contributed by atoms with Crippen molar-refractivity contribution in [3.8, 4) is 5.75 Å². The van der Waals surface area contributed by atoms with Crippen LogP contribution in [-0.4, -0.2) is 18.7 Å². The van der Waals surface area contributed by atoms with Crippen molar-refractivity contribution in [2.24, 2.45) is 5.73 Å². The van der Waals surface area contributed by atoms with Crippen LogP contribution in [0.3, 0.4) is 0 Å². The molecule has 0 radical (unpaired) electrons. The van der Waals surface area contributed by atoms with Crippen molar-refractivity contribution in [3.05, 3.63) is 60.2 Å². The number of nitrogens with zero attached hydrogens (tertiary/aromatic N) is 1. The highest BCUT2D eigenvalue weighted by atomic mass is 16.3. The summed E-state index contributed by atoms with van der Waals surface area (Å²) in [5.41, 5.74) is 8.10. The second-order valence-corrected chi connectivity index (χ2v) is 4.29. The molecular formula is C15H18N2O. The summed E-state index contributed by atoms with van der Waals surface area (Å²) in [7, 11) is 2.03. The first-order chi connectivity index (χ1) is 8.72. The van der Waals surface area contributed by atoms with Crippen molar-refractivity contribution in [1.82, 2.24) is 0 Å². The van der Waals surface area contributed by atoms with E-state index in [9.17, 15) is 5.11 Å². The van der Waals surface area contributed by atoms with Crippen LogP contribution in [0.15, 0.2) is 54.6 Å². The largest absolute Gasteiger partial charge is 0.508 e. The number of phenolic OH excluding ortho intramolecular Hbond substituents is 1. The van der Waals surface area contributed by atoms with Crippen LogP contribution in [0, 0.1) is 0 Å². The molecule has 0 saturated heterocycles. The summed E-state index contributed by atoms with van der Waals surface area (Å²) in [5.74, 6) is 0.275. The topological polar surface area (TPSA) is 49.5 Å². The molecule has 0 heterocycles. The van der Waals surface area contributed by atoms with Gasteiger partial charge in [0.25, 0.3) is 0 Å². The number of hydrogen-bond donors (Lipinski definition) is 2. The van der Waals surface area contributed by atoms with Gasteiger partial charge in [0.2, 0.25) is 0 Å². The summed E-state index contributed by atoms with van der Waals surface area (Å²) in [6, 6.07) is 17.4. The molecule has 3 nitrogen and oxygen atoms in total. The number of phenols is 1. The number of aromatic hydroxyl groups is 1. The molecule has 0 spiro atoms. The van der Waals surface area contributed by atoms with Crippen LogP contribution in [0.25, 0.3) is 0 Å². The lowest BCUT2D eigenvalue weighted by Crippen LogP contribution is -2.30. The van der Waals surface area contributed by atoms with Crippen molar-refractivity contribution in [3.63, 3.8) is 0 Å². The number of nitrogens with two attached hydrogens (primary N) is 1. The van der Waals surface area contributed by atoms with Gasteiger partial charge in [-0.1, -0.05) is 30.3 Å². The average molecular weight is 242 g/mol. The highest BCUT2D eigenvalue weighted by Crippen LogP contribution is 2.25. The summed E-state index contributed by atoms with van der Waals surface area (Å²) >= 11 is 0. The number of benzene rings is 2. The highest BCUT2D eigenvalue weighted by Gasteiger charge is 2.15. The number of likely N-dealkylation sites (N-methyl/N-ethyl adjacent to an activating group) is 1. The van der Waals surface area contributed by atoms with Gasteiger partial charge in [-0.15, -0.1) is 0 Å². The fourth-order valence-electron chi connectivity index (χ4n) is 2.06. The first-order valence-electron chi connectivity index (χ1n) is 5.99. The lowest BCUT2D eigenvalue weighted by molar-refractivity contribution is 0.474. The van der Waals surface area contributed by atoms with Crippen LogP contribution in [0.5, 0.6) is 5.75 Å². The molecule has 0 amide bonds. The van der Waals surface area contributed by atoms with Gasteiger partial charge < -0.3 is 15.7 Å². The van der Waals surface area contributed by atoms with E-state index in [1.54, 1.807) is 12.1 Å². The fourth-order valence-corrected chi connectivity index (χ4v) is 2.06. The smallest absolute Gasteiger partial charge is 0.115 e. The molecule has 94 valence electrons. The minimum Gasteiger partial charge on any atom is -0.508 e. The summed E-state index contributed by atoms with van der Waals surface area (Å²) in [6.07, 6.45) is 0. The van der Waals surface area contributed by atoms with Crippen molar-refractivity contribution >= 4 is 5.69 Å². The van der Waals surface area contributed by atoms with E-state index in [2.05, 4.69) is 17.0 Å². The maximum absolute atomic E-state index is 9.32. The van der Waals surface area contributed by atoms with Crippen molar-refractivity contribution < 1.29 is 5.11 Å². The summed E-state index contributed by atoms with van der Waals surface area (Å²) in [5, 5.41) is 9.32. The SMILES string of the molecule is CN(c1ccccc1)C(CN)c1ccc(O)cc1. The Morgan fingerprint density at radius 1 is 1.06 bits per heavy atom. The monoisotopic (exact) mass is 242 g/mol. The predicted octanol–water partition coefficient (Wildman–Crippen LogP) is 2.53. The van der Waals surface area contributed by atoms with Crippen LogP contribution in [0.1, 0.15) is 11.6 Å². The second-order valence-electron chi connectivity index (χ2n) is 4.29. The van der Waals surface area contributed by atoms with E-state index in [1.165, 1.54) is 0 Å². The third kappa shape index (κ3) is 2.63. The minimum absolute atomic E-state index is 0.105. The lowest BCUT2D eigenvalue weighted by atomic mass is 10.0. The van der Waals surface area contributed by atoms with Crippen LogP contribution in [-0.2, 0) is 0 Å². The van der Waals surface area contributed by atoms with E-state index in [0.717, 1.165) is 11.3 Å². The first-order valence-corrected chi connectivity index (χ1v) is 5.99. The molecular weight excluding hydrogens is 224 g/mol. The zero-order valence-corrected chi connectivity index (χ0v) is 10.5. The van der Waals surface area contributed by atoms with Gasteiger partial charge in [0.15, 0.2) is 0 Å². The molecule has 0 aromatic heterocycles. The molecule has 0 saturated carbocycles. The highest BCUT2D eigenvalue weighted by molar-refractivity contribution is 5.48. The number of rotatable bonds is 4. The van der Waals surface area contributed by atoms with Crippen LogP contribution < -0.4 is 10.6 Å². The van der Waals surface area contributed by atoms with Gasteiger partial charge in [0.1, 0.15) is 5.75 Å². The molecule has 1 unspecified atom stereocenters. The Hall–Kier alpha value is -2.00. The van der Waals surface area contributed by atoms with E-state index < -0.39 is 0 Å². The van der Waals surface area contributed by atoms with Gasteiger partial charge in [-0.3, -0.25) is 0 Å². The number of para-hydroxylation sites is 1. The maximum atomic E-state index is 9.32. The van der Waals surface area contributed by atoms with Crippen molar-refractivity contribution in [2.45, 2.75) is 6.04 Å². The molecule has 2 rings (SSSR count). The average Bonchev–Trinajstić information content (AvgIpc) is 2.42. The molecule has 0 bridgehead atoms. The quantitative estimate of drug-likeness (QED) is 0.866. The second kappa shape index (κ2) is 5.56. The molecule has 2 aromatic rings. The summed E-state index contributed by atoms with van der Waals surface area (Å²) < 4.78 is 0. The Bertz CT molecular complexity index is 482. The van der Waals surface area contributed by atoms with E-state index in [4.69, 9.17) is 5.73 Å². The zero-order valence-electron chi connectivity index (χ0n) is 10.5. The number of anilines is 1. The van der Waals surface area contributed by atoms with E-state index >= 15 is 0 Å². The molecule has 1 atom stereocenters. The maximum Gasteiger partial charge on any atom is 0.115 e. The molecule has 0 aliphatic carbocycles. The normalized spacial score (nSPS) is 12.1. The molecule has 18 heavy (non-hydrogen) atoms. The first kappa shape index (κ1) is 12.5. The van der Waals surface area contributed by atoms with Crippen LogP contribution in [0.4, 0.5) is 5.69 Å². The molecule has 3 heteroatoms. The van der Waals surface area contributed by atoms with E-state index in [0.29, 0.717) is 6.54 Å². The van der Waals surface area contributed by atoms with Gasteiger partial charge in [0.05, 0.1) is 6.04 Å². The molecule has 0 aliphatic heterocycles. The predicted molar refractivity (Wildman–Crippen MR) is 74.7 cm³/mol. The van der Waals surface area contributed by atoms with E-state index in [1.807, 2.05) is 37.4 Å². The Kier molecular flexibility index (Phi) is 3.85. The summed E-state index contributed by atoms with van der Waals surface area (Å²) in [4.78, 5) is 2.15. The van der Waals surface area contributed by atoms with Gasteiger partial charge in [-0.05, 0) is 29.8 Å². The van der Waals surface area contributed by atoms with Gasteiger partial charge in [0, 0.05) is 19.3 Å². The Morgan fingerprint density at radius 3 is 2.22 bits per heavy atom. The standard InChI is InChI=1S/C15H18N2O/c1-17(13-5-3-2-4-6-13)15(11-16)12-7-9-14(18)10-8-12/h2-10,15,18H,11,16H2,1H3. The lowest BCUT2D eigenvalue weighted by Gasteiger charge is -2.29. The summed E-state index contributed by atoms with van der Waals surface area (Å²) in [6.45, 7) is 0.524. The minimum atomic E-state index is 0.105. The Labute approximate surface area is 107 Å². The van der Waals surface area contributed by atoms with Crippen molar-refractivity contribution in [1.29, 1.82) is 0 Å². The molecule has 2 aromatic carbocycles. The van der Waals surface area contributed by atoms with Crippen LogP contribution >= 0.6 is 0 Å². The third-order valence-electron chi connectivity index (χ3n) is 3.13. The van der Waals surface area contributed by atoms with E-state index in [-0.39, 0.29) is 11.8 Å². The molecule has 3 N–H and O–H groups in total. The number of hydrogen-bond acceptors (Lipinski definition) is 3. The molecule has 0 aliphatic rings. The molecule has 0 fully saturated rings. The van der Waals surface area contributed by atoms with Crippen molar-refractivity contribution in [2.75, 3.05) is 18.5 Å². The Balaban J connectivity index is 2.26. The van der Waals surface area contributed by atoms with Gasteiger partial charge >= 0.3 is 0 Å². The third-order valence-corrected chi connectivity index (χ3v) is 3.13. The van der Waals surface area contributed by atoms with Crippen LogP contribution in [0.2, 0.25) is 0 Å². The van der Waals surface area contributed by atoms with Gasteiger partial charge in [-0.25, -0.2) is 0 Å². The fraction of sp³-hybridized carbons (Fsp3) is 0.200. The Morgan fingerprint density at radius 2 is 1.67 bits per heavy atom.